The number of carbonyl (C=O) groups excluding carboxylic acids is 1. The number of carbonyl (C=O) groups is 1. The third-order valence-corrected chi connectivity index (χ3v) is 2.27. The first-order chi connectivity index (χ1) is 7.99. The molecule has 3 nitrogen and oxygen atoms in total. The van der Waals surface area contributed by atoms with E-state index >= 15 is 0 Å². The van der Waals surface area contributed by atoms with Gasteiger partial charge < -0.3 is 4.74 Å². The fraction of sp³-hybridized carbons (Fsp3) is 0.333. The highest BCUT2D eigenvalue weighted by Crippen LogP contribution is 2.24. The summed E-state index contributed by atoms with van der Waals surface area (Å²) in [6.45, 7) is 0.160. The van der Waals surface area contributed by atoms with E-state index in [0.717, 1.165) is 6.07 Å². The van der Waals surface area contributed by atoms with Crippen molar-refractivity contribution in [2.24, 2.45) is 0 Å². The molecule has 0 saturated heterocycles. The Bertz CT molecular complexity index is 478. The summed E-state index contributed by atoms with van der Waals surface area (Å²) in [5.41, 5.74) is 0.872. The first kappa shape index (κ1) is 13.1. The highest BCUT2D eigenvalue weighted by atomic mass is 19.3. The summed E-state index contributed by atoms with van der Waals surface area (Å²) in [5, 5.41) is 8.90. The molecule has 17 heavy (non-hydrogen) atoms. The molecule has 5 heteroatoms. The lowest BCUT2D eigenvalue weighted by atomic mass is 9.96. The number of Topliss-reactive ketones (excluding diaryl/α,β-unsaturated/α-hetero) is 1. The summed E-state index contributed by atoms with van der Waals surface area (Å²) in [5.74, 6) is -0.361. The van der Waals surface area contributed by atoms with Crippen LogP contribution in [0.3, 0.4) is 0 Å². The lowest BCUT2D eigenvalue weighted by molar-refractivity contribution is -0.0498. The Hall–Kier alpha value is -1.96. The molecule has 0 atom stereocenters. The molecule has 0 unspecified atom stereocenters. The number of hydrogen-bond acceptors (Lipinski definition) is 3. The van der Waals surface area contributed by atoms with Gasteiger partial charge in [0, 0.05) is 5.56 Å². The molecule has 0 fully saturated rings. The Balaban J connectivity index is 3.35. The van der Waals surface area contributed by atoms with Gasteiger partial charge in [-0.2, -0.15) is 14.0 Å². The van der Waals surface area contributed by atoms with Gasteiger partial charge in [-0.3, -0.25) is 4.79 Å². The molecule has 0 radical (unpaired) electrons. The van der Waals surface area contributed by atoms with E-state index in [4.69, 9.17) is 5.26 Å². The summed E-state index contributed by atoms with van der Waals surface area (Å²) in [6.07, 6.45) is 0.462. The van der Waals surface area contributed by atoms with E-state index in [9.17, 15) is 13.6 Å². The number of rotatable bonds is 4. The van der Waals surface area contributed by atoms with Gasteiger partial charge in [-0.1, -0.05) is 6.92 Å². The average molecular weight is 239 g/mol. The van der Waals surface area contributed by atoms with Crippen LogP contribution in [-0.4, -0.2) is 12.4 Å². The molecule has 0 aliphatic heterocycles. The predicted molar refractivity (Wildman–Crippen MR) is 57.2 cm³/mol. The Morgan fingerprint density at radius 3 is 2.59 bits per heavy atom. The quantitative estimate of drug-likeness (QED) is 0.759. The van der Waals surface area contributed by atoms with Crippen molar-refractivity contribution >= 4 is 5.78 Å². The smallest absolute Gasteiger partial charge is 0.387 e. The van der Waals surface area contributed by atoms with Crippen molar-refractivity contribution in [3.63, 3.8) is 0 Å². The van der Waals surface area contributed by atoms with Crippen molar-refractivity contribution in [3.05, 3.63) is 28.8 Å². The number of aryl methyl sites for hydroxylation is 1. The Labute approximate surface area is 97.6 Å². The molecule has 0 N–H and O–H groups in total. The second kappa shape index (κ2) is 5.39. The van der Waals surface area contributed by atoms with Crippen LogP contribution in [0, 0.1) is 11.3 Å². The predicted octanol–water partition coefficient (Wildman–Crippen LogP) is 2.92. The fourth-order valence-corrected chi connectivity index (χ4v) is 1.63. The molecule has 0 heterocycles. The minimum atomic E-state index is -2.95. The summed E-state index contributed by atoms with van der Waals surface area (Å²) in [7, 11) is 0. The second-order valence-electron chi connectivity index (χ2n) is 3.41. The van der Waals surface area contributed by atoms with Crippen LogP contribution in [0.25, 0.3) is 0 Å². The van der Waals surface area contributed by atoms with E-state index in [2.05, 4.69) is 4.74 Å². The molecule has 1 aromatic rings. The molecule has 0 amide bonds. The number of nitriles is 1. The van der Waals surface area contributed by atoms with Crippen LogP contribution < -0.4 is 4.74 Å². The molecule has 1 aromatic carbocycles. The van der Waals surface area contributed by atoms with Gasteiger partial charge in [0.15, 0.2) is 5.78 Å². The van der Waals surface area contributed by atoms with Gasteiger partial charge >= 0.3 is 6.61 Å². The van der Waals surface area contributed by atoms with Gasteiger partial charge in [-0.25, -0.2) is 0 Å². The molecular formula is C12H11F2NO2. The van der Waals surface area contributed by atoms with Gasteiger partial charge in [0.2, 0.25) is 0 Å². The number of hydrogen-bond donors (Lipinski definition) is 0. The summed E-state index contributed by atoms with van der Waals surface area (Å²) in [4.78, 5) is 11.4. The number of benzene rings is 1. The average Bonchev–Trinajstić information content (AvgIpc) is 2.26. The highest BCUT2D eigenvalue weighted by molar-refractivity contribution is 5.98. The fourth-order valence-electron chi connectivity index (χ4n) is 1.63. The third kappa shape index (κ3) is 3.00. The largest absolute Gasteiger partial charge is 0.435 e. The minimum absolute atomic E-state index is 0.0625. The van der Waals surface area contributed by atoms with Crippen LogP contribution in [0.15, 0.2) is 12.1 Å². The normalized spacial score (nSPS) is 10.1. The van der Waals surface area contributed by atoms with E-state index in [0.29, 0.717) is 12.0 Å². The monoisotopic (exact) mass is 239 g/mol. The van der Waals surface area contributed by atoms with Crippen LogP contribution in [0.2, 0.25) is 0 Å². The van der Waals surface area contributed by atoms with Gasteiger partial charge in [0.25, 0.3) is 0 Å². The zero-order chi connectivity index (χ0) is 13.0. The van der Waals surface area contributed by atoms with E-state index in [1.807, 2.05) is 6.07 Å². The van der Waals surface area contributed by atoms with E-state index in [-0.39, 0.29) is 22.7 Å². The first-order valence-electron chi connectivity index (χ1n) is 5.02. The van der Waals surface area contributed by atoms with Gasteiger partial charge in [-0.15, -0.1) is 0 Å². The number of ether oxygens (including phenoxy) is 1. The lowest BCUT2D eigenvalue weighted by Crippen LogP contribution is -2.07. The molecule has 1 rings (SSSR count). The van der Waals surface area contributed by atoms with Gasteiger partial charge in [0.1, 0.15) is 11.8 Å². The van der Waals surface area contributed by atoms with Crippen molar-refractivity contribution in [3.8, 4) is 11.8 Å². The molecule has 0 saturated carbocycles. The number of nitrogens with zero attached hydrogens (tertiary/aromatic N) is 1. The van der Waals surface area contributed by atoms with Crippen molar-refractivity contribution in [1.29, 1.82) is 5.26 Å². The van der Waals surface area contributed by atoms with Crippen LogP contribution in [0.5, 0.6) is 5.75 Å². The molecular weight excluding hydrogens is 228 g/mol. The maximum atomic E-state index is 12.1. The molecule has 0 aromatic heterocycles. The highest BCUT2D eigenvalue weighted by Gasteiger charge is 2.15. The molecule has 90 valence electrons. The zero-order valence-electron chi connectivity index (χ0n) is 9.46. The third-order valence-electron chi connectivity index (χ3n) is 2.27. The standard InChI is InChI=1S/C12H11F2NO2/c1-3-8-4-10(17-12(13)14)5-9(6-15)11(8)7(2)16/h4-5,12H,3H2,1-2H3. The summed E-state index contributed by atoms with van der Waals surface area (Å²) < 4.78 is 28.4. The van der Waals surface area contributed by atoms with Crippen LogP contribution in [0.1, 0.15) is 35.3 Å². The Morgan fingerprint density at radius 2 is 2.18 bits per heavy atom. The van der Waals surface area contributed by atoms with Crippen LogP contribution in [-0.2, 0) is 6.42 Å². The first-order valence-corrected chi connectivity index (χ1v) is 5.02. The summed E-state index contributed by atoms with van der Waals surface area (Å²) >= 11 is 0. The molecule has 0 spiro atoms. The van der Waals surface area contributed by atoms with Crippen LogP contribution >= 0.6 is 0 Å². The van der Waals surface area contributed by atoms with Gasteiger partial charge in [0.05, 0.1) is 5.56 Å². The maximum Gasteiger partial charge on any atom is 0.387 e. The number of ketones is 1. The van der Waals surface area contributed by atoms with E-state index < -0.39 is 6.61 Å². The van der Waals surface area contributed by atoms with Crippen molar-refractivity contribution < 1.29 is 18.3 Å². The van der Waals surface area contributed by atoms with Crippen molar-refractivity contribution in [2.75, 3.05) is 0 Å². The summed E-state index contributed by atoms with van der Waals surface area (Å²) in [6, 6.07) is 4.34. The Kier molecular flexibility index (Phi) is 4.16. The van der Waals surface area contributed by atoms with Crippen molar-refractivity contribution in [2.45, 2.75) is 26.9 Å². The Morgan fingerprint density at radius 1 is 1.53 bits per heavy atom. The molecule has 0 aliphatic carbocycles. The van der Waals surface area contributed by atoms with E-state index in [1.54, 1.807) is 6.92 Å². The maximum absolute atomic E-state index is 12.1. The van der Waals surface area contributed by atoms with E-state index in [1.165, 1.54) is 13.0 Å². The molecule has 0 bridgehead atoms. The lowest BCUT2D eigenvalue weighted by Gasteiger charge is -2.11. The van der Waals surface area contributed by atoms with Crippen molar-refractivity contribution in [1.82, 2.24) is 0 Å². The van der Waals surface area contributed by atoms with Crippen LogP contribution in [0.4, 0.5) is 8.78 Å². The SMILES string of the molecule is CCc1cc(OC(F)F)cc(C#N)c1C(C)=O. The minimum Gasteiger partial charge on any atom is -0.435 e. The number of alkyl halides is 2. The number of halogens is 2. The van der Waals surface area contributed by atoms with Gasteiger partial charge in [-0.05, 0) is 31.0 Å². The zero-order valence-corrected chi connectivity index (χ0v) is 9.46. The second-order valence-corrected chi connectivity index (χ2v) is 3.41. The topological polar surface area (TPSA) is 50.1 Å². The molecule has 0 aliphatic rings.